The number of rotatable bonds is 3. The highest BCUT2D eigenvalue weighted by Gasteiger charge is 2.61. The van der Waals surface area contributed by atoms with Crippen LogP contribution in [0.15, 0.2) is 30.3 Å². The Balaban J connectivity index is 2.30. The van der Waals surface area contributed by atoms with E-state index >= 15 is 0 Å². The number of aromatic nitrogens is 2. The lowest BCUT2D eigenvalue weighted by Crippen LogP contribution is -2.33. The summed E-state index contributed by atoms with van der Waals surface area (Å²) in [6, 6.07) is 8.27. The minimum atomic E-state index is -5.71. The van der Waals surface area contributed by atoms with Gasteiger partial charge in [0.1, 0.15) is 10.4 Å². The fourth-order valence-electron chi connectivity index (χ4n) is 1.35. The van der Waals surface area contributed by atoms with Gasteiger partial charge in [0.15, 0.2) is 5.01 Å². The molecule has 0 aliphatic heterocycles. The van der Waals surface area contributed by atoms with Gasteiger partial charge >= 0.3 is 12.1 Å². The van der Waals surface area contributed by atoms with Crippen LogP contribution in [0.25, 0.3) is 0 Å². The summed E-state index contributed by atoms with van der Waals surface area (Å²) < 4.78 is 62.8. The topological polar surface area (TPSA) is 25.8 Å². The van der Waals surface area contributed by atoms with E-state index in [9.17, 15) is 22.0 Å². The molecule has 1 unspecified atom stereocenters. The van der Waals surface area contributed by atoms with Crippen LogP contribution in [0.5, 0.6) is 0 Å². The standard InChI is InChI=1S/C11H6ClF5N2S/c12-7(6-4-2-1-3-5-6)8-18-19-9(20-8)10(13,14)11(15,16)17/h1-5,7H. The van der Waals surface area contributed by atoms with Crippen molar-refractivity contribution in [1.29, 1.82) is 0 Å². The monoisotopic (exact) mass is 328 g/mol. The first-order valence-electron chi connectivity index (χ1n) is 5.21. The van der Waals surface area contributed by atoms with Crippen LogP contribution in [-0.4, -0.2) is 16.4 Å². The molecule has 0 aliphatic carbocycles. The van der Waals surface area contributed by atoms with Crippen molar-refractivity contribution in [2.75, 3.05) is 0 Å². The van der Waals surface area contributed by atoms with Gasteiger partial charge in [0, 0.05) is 0 Å². The first-order chi connectivity index (χ1) is 9.23. The molecule has 9 heteroatoms. The molecule has 2 nitrogen and oxygen atoms in total. The van der Waals surface area contributed by atoms with Gasteiger partial charge in [-0.1, -0.05) is 41.7 Å². The molecule has 2 rings (SSSR count). The fraction of sp³-hybridized carbons (Fsp3) is 0.273. The molecule has 0 bridgehead atoms. The molecule has 0 saturated carbocycles. The Morgan fingerprint density at radius 3 is 2.15 bits per heavy atom. The van der Waals surface area contributed by atoms with Crippen molar-refractivity contribution in [3.8, 4) is 0 Å². The first-order valence-corrected chi connectivity index (χ1v) is 6.46. The van der Waals surface area contributed by atoms with Crippen LogP contribution in [-0.2, 0) is 5.92 Å². The van der Waals surface area contributed by atoms with Gasteiger partial charge in [-0.3, -0.25) is 0 Å². The second kappa shape index (κ2) is 5.25. The van der Waals surface area contributed by atoms with Crippen molar-refractivity contribution >= 4 is 22.9 Å². The van der Waals surface area contributed by atoms with Crippen molar-refractivity contribution in [2.45, 2.75) is 17.5 Å². The zero-order chi connectivity index (χ0) is 15.0. The molecule has 1 aromatic heterocycles. The van der Waals surface area contributed by atoms with Crippen LogP contribution in [0.3, 0.4) is 0 Å². The molecule has 0 fully saturated rings. The summed E-state index contributed by atoms with van der Waals surface area (Å²) >= 11 is 6.14. The quantitative estimate of drug-likeness (QED) is 0.611. The molecule has 0 saturated heterocycles. The third-order valence-electron chi connectivity index (χ3n) is 2.37. The Kier molecular flexibility index (Phi) is 3.97. The number of hydrogen-bond acceptors (Lipinski definition) is 3. The fourth-order valence-corrected chi connectivity index (χ4v) is 2.52. The highest BCUT2D eigenvalue weighted by Crippen LogP contribution is 2.45. The normalized spacial score (nSPS) is 14.3. The molecule has 0 spiro atoms. The Morgan fingerprint density at radius 2 is 1.60 bits per heavy atom. The summed E-state index contributed by atoms with van der Waals surface area (Å²) in [6.07, 6.45) is -5.71. The molecule has 20 heavy (non-hydrogen) atoms. The molecule has 2 aromatic rings. The zero-order valence-corrected chi connectivity index (χ0v) is 11.1. The molecular formula is C11H6ClF5N2S. The van der Waals surface area contributed by atoms with E-state index in [2.05, 4.69) is 10.2 Å². The first kappa shape index (κ1) is 15.1. The smallest absolute Gasteiger partial charge is 0.188 e. The van der Waals surface area contributed by atoms with Crippen LogP contribution >= 0.6 is 22.9 Å². The predicted octanol–water partition coefficient (Wildman–Crippen LogP) is 4.52. The van der Waals surface area contributed by atoms with Gasteiger partial charge in [0.25, 0.3) is 0 Å². The number of benzene rings is 1. The maximum atomic E-state index is 13.1. The van der Waals surface area contributed by atoms with Crippen molar-refractivity contribution < 1.29 is 22.0 Å². The Hall–Kier alpha value is -1.28. The van der Waals surface area contributed by atoms with E-state index in [1.165, 1.54) is 0 Å². The molecule has 1 atom stereocenters. The molecule has 0 N–H and O–H groups in total. The van der Waals surface area contributed by atoms with Gasteiger partial charge < -0.3 is 0 Å². The van der Waals surface area contributed by atoms with Crippen molar-refractivity contribution in [2.24, 2.45) is 0 Å². The maximum absolute atomic E-state index is 13.1. The van der Waals surface area contributed by atoms with Crippen molar-refractivity contribution in [3.05, 3.63) is 45.9 Å². The van der Waals surface area contributed by atoms with Gasteiger partial charge in [-0.05, 0) is 5.56 Å². The highest BCUT2D eigenvalue weighted by molar-refractivity contribution is 7.11. The maximum Gasteiger partial charge on any atom is 0.460 e. The van der Waals surface area contributed by atoms with Crippen molar-refractivity contribution in [1.82, 2.24) is 10.2 Å². The number of halogens is 6. The summed E-state index contributed by atoms with van der Waals surface area (Å²) in [4.78, 5) is 0. The minimum Gasteiger partial charge on any atom is -0.188 e. The Morgan fingerprint density at radius 1 is 1.00 bits per heavy atom. The molecule has 0 aliphatic rings. The average Bonchev–Trinajstić information content (AvgIpc) is 2.87. The zero-order valence-electron chi connectivity index (χ0n) is 9.53. The predicted molar refractivity (Wildman–Crippen MR) is 64.0 cm³/mol. The third kappa shape index (κ3) is 2.76. The van der Waals surface area contributed by atoms with E-state index in [0.717, 1.165) is 0 Å². The van der Waals surface area contributed by atoms with Gasteiger partial charge in [-0.2, -0.15) is 22.0 Å². The van der Waals surface area contributed by atoms with Gasteiger partial charge in [0.2, 0.25) is 0 Å². The van der Waals surface area contributed by atoms with Crippen LogP contribution in [0.4, 0.5) is 22.0 Å². The number of nitrogens with zero attached hydrogens (tertiary/aromatic N) is 2. The lowest BCUT2D eigenvalue weighted by molar-refractivity contribution is -0.289. The lowest BCUT2D eigenvalue weighted by atomic mass is 10.1. The average molecular weight is 329 g/mol. The molecule has 0 radical (unpaired) electrons. The third-order valence-corrected chi connectivity index (χ3v) is 4.02. The largest absolute Gasteiger partial charge is 0.460 e. The van der Waals surface area contributed by atoms with E-state index in [1.54, 1.807) is 30.3 Å². The molecular weight excluding hydrogens is 323 g/mol. The highest BCUT2D eigenvalue weighted by atomic mass is 35.5. The van der Waals surface area contributed by atoms with E-state index in [0.29, 0.717) is 5.56 Å². The van der Waals surface area contributed by atoms with E-state index < -0.39 is 22.5 Å². The number of hydrogen-bond donors (Lipinski definition) is 0. The van der Waals surface area contributed by atoms with E-state index in [4.69, 9.17) is 11.6 Å². The summed E-state index contributed by atoms with van der Waals surface area (Å²) in [5.74, 6) is -5.03. The van der Waals surface area contributed by atoms with Gasteiger partial charge in [-0.25, -0.2) is 0 Å². The van der Waals surface area contributed by atoms with Crippen molar-refractivity contribution in [3.63, 3.8) is 0 Å². The minimum absolute atomic E-state index is 0.114. The Bertz CT molecular complexity index is 584. The molecule has 0 amide bonds. The van der Waals surface area contributed by atoms with E-state index in [-0.39, 0.29) is 16.3 Å². The number of alkyl halides is 6. The van der Waals surface area contributed by atoms with Crippen LogP contribution in [0.1, 0.15) is 21.0 Å². The second-order valence-electron chi connectivity index (χ2n) is 3.79. The molecule has 108 valence electrons. The van der Waals surface area contributed by atoms with E-state index in [1.807, 2.05) is 0 Å². The van der Waals surface area contributed by atoms with Gasteiger partial charge in [-0.15, -0.1) is 21.8 Å². The lowest BCUT2D eigenvalue weighted by Gasteiger charge is -2.15. The summed E-state index contributed by atoms with van der Waals surface area (Å²) in [7, 11) is 0. The van der Waals surface area contributed by atoms with Crippen LogP contribution < -0.4 is 0 Å². The Labute approximate surface area is 119 Å². The summed E-state index contributed by atoms with van der Waals surface area (Å²) in [5.41, 5.74) is 0.534. The second-order valence-corrected chi connectivity index (χ2v) is 5.24. The summed E-state index contributed by atoms with van der Waals surface area (Å²) in [5, 5.41) is 3.79. The molecule has 1 heterocycles. The van der Waals surface area contributed by atoms with Gasteiger partial charge in [0.05, 0.1) is 0 Å². The SMILES string of the molecule is FC(F)(F)C(F)(F)c1nnc(C(Cl)c2ccccc2)s1. The summed E-state index contributed by atoms with van der Waals surface area (Å²) in [6.45, 7) is 0. The van der Waals surface area contributed by atoms with Crippen LogP contribution in [0.2, 0.25) is 0 Å². The van der Waals surface area contributed by atoms with Crippen LogP contribution in [0, 0.1) is 0 Å². The molecule has 1 aromatic carbocycles.